The Balaban J connectivity index is 2.04. The van der Waals surface area contributed by atoms with Crippen LogP contribution in [0.15, 0.2) is 64.9 Å². The van der Waals surface area contributed by atoms with Gasteiger partial charge in [0.25, 0.3) is 0 Å². The largest absolute Gasteiger partial charge is 0.495 e. The summed E-state index contributed by atoms with van der Waals surface area (Å²) in [6, 6.07) is 16.4. The van der Waals surface area contributed by atoms with Crippen molar-refractivity contribution in [2.45, 2.75) is 24.8 Å². The molecule has 0 amide bonds. The number of aryl methyl sites for hydroxylation is 2. The van der Waals surface area contributed by atoms with Crippen molar-refractivity contribution < 1.29 is 13.2 Å². The number of nitrogens with one attached hydrogen (secondary N) is 1. The predicted molar refractivity (Wildman–Crippen MR) is 105 cm³/mol. The molecule has 1 N–H and O–H groups in total. The lowest BCUT2D eigenvalue weighted by molar-refractivity contribution is 0.402. The number of ether oxygens (including phenoxy) is 1. The van der Waals surface area contributed by atoms with Crippen molar-refractivity contribution in [2.24, 2.45) is 0 Å². The normalized spacial score (nSPS) is 12.7. The van der Waals surface area contributed by atoms with Crippen LogP contribution in [-0.4, -0.2) is 15.5 Å². The first-order valence-corrected chi connectivity index (χ1v) is 10.5. The maximum Gasteiger partial charge on any atom is 0.245 e. The van der Waals surface area contributed by atoms with E-state index < -0.39 is 16.1 Å². The highest BCUT2D eigenvalue weighted by molar-refractivity contribution is 7.89. The summed E-state index contributed by atoms with van der Waals surface area (Å²) in [5, 5.41) is 1.94. The average molecular weight is 388 g/mol. The average Bonchev–Trinajstić information content (AvgIpc) is 3.15. The SMILES string of the molecule is COc1ccc(C)cc1S(=O)(=O)N[C@H](c1ccc(C)cc1)c1cccs1. The highest BCUT2D eigenvalue weighted by Gasteiger charge is 2.26. The summed E-state index contributed by atoms with van der Waals surface area (Å²) in [6.45, 7) is 3.86. The van der Waals surface area contributed by atoms with E-state index in [1.807, 2.05) is 61.7 Å². The van der Waals surface area contributed by atoms with E-state index in [1.54, 1.807) is 12.1 Å². The second-order valence-electron chi connectivity index (χ2n) is 6.13. The Labute approximate surface area is 158 Å². The second-order valence-corrected chi connectivity index (χ2v) is 8.80. The molecule has 0 aliphatic carbocycles. The molecule has 1 aromatic heterocycles. The summed E-state index contributed by atoms with van der Waals surface area (Å²) in [4.78, 5) is 1.08. The Kier molecular flexibility index (Phi) is 5.46. The van der Waals surface area contributed by atoms with Crippen molar-refractivity contribution in [3.05, 3.63) is 81.5 Å². The van der Waals surface area contributed by atoms with Crippen LogP contribution < -0.4 is 9.46 Å². The molecule has 4 nitrogen and oxygen atoms in total. The van der Waals surface area contributed by atoms with E-state index in [4.69, 9.17) is 4.74 Å². The number of hydrogen-bond acceptors (Lipinski definition) is 4. The topological polar surface area (TPSA) is 55.4 Å². The molecule has 1 heterocycles. The maximum atomic E-state index is 13.1. The van der Waals surface area contributed by atoms with Crippen molar-refractivity contribution in [3.63, 3.8) is 0 Å². The van der Waals surface area contributed by atoms with Crippen molar-refractivity contribution in [1.29, 1.82) is 0 Å². The van der Waals surface area contributed by atoms with Gasteiger partial charge in [-0.05, 0) is 48.6 Å². The van der Waals surface area contributed by atoms with Crippen LogP contribution in [0.2, 0.25) is 0 Å². The summed E-state index contributed by atoms with van der Waals surface area (Å²) in [5.74, 6) is 0.330. The third-order valence-corrected chi connectivity index (χ3v) is 6.50. The highest BCUT2D eigenvalue weighted by Crippen LogP contribution is 2.31. The molecule has 3 rings (SSSR count). The van der Waals surface area contributed by atoms with E-state index in [-0.39, 0.29) is 4.90 Å². The van der Waals surface area contributed by atoms with E-state index in [1.165, 1.54) is 18.4 Å². The van der Waals surface area contributed by atoms with E-state index in [0.29, 0.717) is 5.75 Å². The van der Waals surface area contributed by atoms with Crippen molar-refractivity contribution >= 4 is 21.4 Å². The van der Waals surface area contributed by atoms with Gasteiger partial charge in [-0.1, -0.05) is 42.0 Å². The summed E-state index contributed by atoms with van der Waals surface area (Å²) >= 11 is 1.52. The second kappa shape index (κ2) is 7.61. The third-order valence-electron chi connectivity index (χ3n) is 4.12. The molecule has 6 heteroatoms. The lowest BCUT2D eigenvalue weighted by Crippen LogP contribution is -2.29. The monoisotopic (exact) mass is 387 g/mol. The van der Waals surface area contributed by atoms with Gasteiger partial charge in [-0.15, -0.1) is 11.3 Å². The standard InChI is InChI=1S/C20H21NO3S2/c1-14-6-9-16(10-7-14)20(18-5-4-12-25-18)21-26(22,23)19-13-15(2)8-11-17(19)24-3/h4-13,20-21H,1-3H3/t20-/m1/s1. The van der Waals surface area contributed by atoms with Crippen LogP contribution >= 0.6 is 11.3 Å². The van der Waals surface area contributed by atoms with Crippen LogP contribution in [0, 0.1) is 13.8 Å². The number of methoxy groups -OCH3 is 1. The summed E-state index contributed by atoms with van der Waals surface area (Å²) in [6.07, 6.45) is 0. The fourth-order valence-corrected chi connectivity index (χ4v) is 5.05. The van der Waals surface area contributed by atoms with Crippen LogP contribution in [-0.2, 0) is 10.0 Å². The van der Waals surface area contributed by atoms with Crippen molar-refractivity contribution in [3.8, 4) is 5.75 Å². The van der Waals surface area contributed by atoms with E-state index in [0.717, 1.165) is 21.6 Å². The van der Waals surface area contributed by atoms with Gasteiger partial charge < -0.3 is 4.74 Å². The Hall–Kier alpha value is -2.15. The predicted octanol–water partition coefficient (Wildman–Crippen LogP) is 4.44. The van der Waals surface area contributed by atoms with Crippen LogP contribution in [0.1, 0.15) is 27.6 Å². The van der Waals surface area contributed by atoms with Gasteiger partial charge in [0.05, 0.1) is 13.2 Å². The van der Waals surface area contributed by atoms with Gasteiger partial charge in [0.15, 0.2) is 0 Å². The zero-order chi connectivity index (χ0) is 18.7. The first-order chi connectivity index (χ1) is 12.4. The van der Waals surface area contributed by atoms with Gasteiger partial charge in [-0.3, -0.25) is 0 Å². The van der Waals surface area contributed by atoms with Gasteiger partial charge >= 0.3 is 0 Å². The molecular formula is C20H21NO3S2. The molecule has 0 aliphatic rings. The van der Waals surface area contributed by atoms with E-state index in [2.05, 4.69) is 4.72 Å². The molecule has 0 radical (unpaired) electrons. The fraction of sp³-hybridized carbons (Fsp3) is 0.200. The molecule has 0 saturated carbocycles. The molecular weight excluding hydrogens is 366 g/mol. The molecule has 0 unspecified atom stereocenters. The quantitative estimate of drug-likeness (QED) is 0.680. The molecule has 0 aliphatic heterocycles. The Bertz CT molecular complexity index is 978. The van der Waals surface area contributed by atoms with Gasteiger partial charge in [0.1, 0.15) is 10.6 Å². The van der Waals surface area contributed by atoms with Gasteiger partial charge in [0.2, 0.25) is 10.0 Å². The summed E-state index contributed by atoms with van der Waals surface area (Å²) in [5.41, 5.74) is 2.88. The zero-order valence-corrected chi connectivity index (χ0v) is 16.5. The number of rotatable bonds is 6. The zero-order valence-electron chi connectivity index (χ0n) is 14.9. The molecule has 0 fully saturated rings. The first kappa shape index (κ1) is 18.6. The number of sulfonamides is 1. The minimum absolute atomic E-state index is 0.147. The Morgan fingerprint density at radius 2 is 1.69 bits per heavy atom. The molecule has 0 saturated heterocycles. The highest BCUT2D eigenvalue weighted by atomic mass is 32.2. The first-order valence-electron chi connectivity index (χ1n) is 8.17. The minimum atomic E-state index is -3.78. The lowest BCUT2D eigenvalue weighted by atomic mass is 10.0. The molecule has 1 atom stereocenters. The minimum Gasteiger partial charge on any atom is -0.495 e. The van der Waals surface area contributed by atoms with Gasteiger partial charge in [-0.25, -0.2) is 8.42 Å². The molecule has 136 valence electrons. The molecule has 26 heavy (non-hydrogen) atoms. The van der Waals surface area contributed by atoms with Crippen molar-refractivity contribution in [1.82, 2.24) is 4.72 Å². The van der Waals surface area contributed by atoms with Crippen LogP contribution in [0.25, 0.3) is 0 Å². The molecule has 0 bridgehead atoms. The Morgan fingerprint density at radius 3 is 2.31 bits per heavy atom. The van der Waals surface area contributed by atoms with Crippen LogP contribution in [0.5, 0.6) is 5.75 Å². The number of benzene rings is 2. The molecule has 2 aromatic carbocycles. The van der Waals surface area contributed by atoms with Gasteiger partial charge in [-0.2, -0.15) is 4.72 Å². The molecule has 0 spiro atoms. The fourth-order valence-electron chi connectivity index (χ4n) is 2.72. The summed E-state index contributed by atoms with van der Waals surface area (Å²) in [7, 11) is -2.30. The lowest BCUT2D eigenvalue weighted by Gasteiger charge is -2.19. The van der Waals surface area contributed by atoms with Crippen LogP contribution in [0.3, 0.4) is 0 Å². The van der Waals surface area contributed by atoms with E-state index in [9.17, 15) is 8.42 Å². The summed E-state index contributed by atoms with van der Waals surface area (Å²) < 4.78 is 34.4. The third kappa shape index (κ3) is 3.98. The number of thiophene rings is 1. The Morgan fingerprint density at radius 1 is 1.00 bits per heavy atom. The number of hydrogen-bond donors (Lipinski definition) is 1. The van der Waals surface area contributed by atoms with E-state index >= 15 is 0 Å². The smallest absolute Gasteiger partial charge is 0.245 e. The molecule has 3 aromatic rings. The maximum absolute atomic E-state index is 13.1. The van der Waals surface area contributed by atoms with Crippen molar-refractivity contribution in [2.75, 3.05) is 7.11 Å². The van der Waals surface area contributed by atoms with Crippen LogP contribution in [0.4, 0.5) is 0 Å². The van der Waals surface area contributed by atoms with Gasteiger partial charge in [0, 0.05) is 4.88 Å².